The minimum absolute atomic E-state index is 0.0803. The predicted molar refractivity (Wildman–Crippen MR) is 54.0 cm³/mol. The number of hydrogen-bond donors (Lipinski definition) is 1. The highest BCUT2D eigenvalue weighted by molar-refractivity contribution is 5.78. The molecule has 2 nitrogen and oxygen atoms in total. The van der Waals surface area contributed by atoms with Gasteiger partial charge in [0.2, 0.25) is 5.91 Å². The van der Waals surface area contributed by atoms with Crippen LogP contribution in [0.15, 0.2) is 0 Å². The van der Waals surface area contributed by atoms with Gasteiger partial charge in [0.05, 0.1) is 0 Å². The van der Waals surface area contributed by atoms with Gasteiger partial charge in [0, 0.05) is 5.92 Å². The highest BCUT2D eigenvalue weighted by Gasteiger charge is 2.54. The summed E-state index contributed by atoms with van der Waals surface area (Å²) in [5.41, 5.74) is 5.71. The van der Waals surface area contributed by atoms with Crippen LogP contribution < -0.4 is 5.73 Å². The van der Waals surface area contributed by atoms with E-state index in [-0.39, 0.29) is 22.7 Å². The van der Waals surface area contributed by atoms with E-state index in [1.165, 1.54) is 0 Å². The van der Waals surface area contributed by atoms with Crippen LogP contribution in [0.1, 0.15) is 41.0 Å². The van der Waals surface area contributed by atoms with Crippen molar-refractivity contribution in [2.75, 3.05) is 0 Å². The van der Waals surface area contributed by atoms with Gasteiger partial charge < -0.3 is 5.73 Å². The molecule has 1 aliphatic rings. The normalized spacial score (nSPS) is 32.4. The maximum atomic E-state index is 11.1. The van der Waals surface area contributed by atoms with Gasteiger partial charge in [-0.25, -0.2) is 0 Å². The van der Waals surface area contributed by atoms with E-state index in [1.54, 1.807) is 0 Å². The summed E-state index contributed by atoms with van der Waals surface area (Å²) in [7, 11) is 0. The van der Waals surface area contributed by atoms with Crippen LogP contribution in [0.3, 0.4) is 0 Å². The van der Waals surface area contributed by atoms with E-state index < -0.39 is 0 Å². The Bertz CT molecular complexity index is 225. The van der Waals surface area contributed by atoms with E-state index in [0.29, 0.717) is 5.92 Å². The summed E-state index contributed by atoms with van der Waals surface area (Å²) < 4.78 is 0. The molecule has 2 N–H and O–H groups in total. The van der Waals surface area contributed by atoms with Crippen LogP contribution in [-0.4, -0.2) is 5.91 Å². The Labute approximate surface area is 80.9 Å². The molecule has 0 saturated heterocycles. The van der Waals surface area contributed by atoms with Gasteiger partial charge in [0.1, 0.15) is 0 Å². The molecular formula is C11H21NO. The summed E-state index contributed by atoms with van der Waals surface area (Å²) in [5.74, 6) is 0.555. The summed E-state index contributed by atoms with van der Waals surface area (Å²) in [5, 5.41) is 0. The zero-order chi connectivity index (χ0) is 10.4. The predicted octanol–water partition coefficient (Wildman–Crippen LogP) is 2.18. The van der Waals surface area contributed by atoms with Gasteiger partial charge in [-0.15, -0.1) is 0 Å². The summed E-state index contributed by atoms with van der Waals surface area (Å²) in [4.78, 5) is 11.1. The monoisotopic (exact) mass is 183 g/mol. The van der Waals surface area contributed by atoms with Crippen molar-refractivity contribution in [3.63, 3.8) is 0 Å². The highest BCUT2D eigenvalue weighted by Crippen LogP contribution is 2.58. The molecule has 1 rings (SSSR count). The van der Waals surface area contributed by atoms with Crippen molar-refractivity contribution in [2.24, 2.45) is 28.4 Å². The van der Waals surface area contributed by atoms with Crippen molar-refractivity contribution in [3.8, 4) is 0 Å². The summed E-state index contributed by atoms with van der Waals surface area (Å²) in [6, 6.07) is 0. The molecule has 2 unspecified atom stereocenters. The average Bonchev–Trinajstić information content (AvgIpc) is 1.80. The molecule has 2 atom stereocenters. The van der Waals surface area contributed by atoms with E-state index in [9.17, 15) is 4.79 Å². The maximum Gasteiger partial charge on any atom is 0.221 e. The lowest BCUT2D eigenvalue weighted by Gasteiger charge is -2.56. The second kappa shape index (κ2) is 2.73. The molecule has 1 fully saturated rings. The number of amides is 1. The Kier molecular flexibility index (Phi) is 2.21. The molecule has 1 aliphatic carbocycles. The summed E-state index contributed by atoms with van der Waals surface area (Å²) in [6.07, 6.45) is 0.964. The van der Waals surface area contributed by atoms with Crippen LogP contribution in [0, 0.1) is 22.7 Å². The summed E-state index contributed by atoms with van der Waals surface area (Å²) >= 11 is 0. The first kappa shape index (κ1) is 10.6. The van der Waals surface area contributed by atoms with E-state index >= 15 is 0 Å². The van der Waals surface area contributed by atoms with E-state index in [1.807, 2.05) is 0 Å². The van der Waals surface area contributed by atoms with Crippen LogP contribution in [0.5, 0.6) is 0 Å². The minimum atomic E-state index is -0.134. The van der Waals surface area contributed by atoms with Crippen molar-refractivity contribution in [1.82, 2.24) is 0 Å². The molecule has 0 radical (unpaired) electrons. The van der Waals surface area contributed by atoms with Crippen molar-refractivity contribution in [3.05, 3.63) is 0 Å². The molecule has 2 heteroatoms. The molecule has 0 aromatic rings. The van der Waals surface area contributed by atoms with Crippen LogP contribution in [0.25, 0.3) is 0 Å². The fraction of sp³-hybridized carbons (Fsp3) is 0.909. The first-order chi connectivity index (χ1) is 5.67. The molecule has 1 saturated carbocycles. The van der Waals surface area contributed by atoms with Gasteiger partial charge >= 0.3 is 0 Å². The van der Waals surface area contributed by atoms with Crippen LogP contribution in [-0.2, 0) is 4.79 Å². The Morgan fingerprint density at radius 1 is 1.38 bits per heavy atom. The van der Waals surface area contributed by atoms with Crippen molar-refractivity contribution in [1.29, 1.82) is 0 Å². The Balaban J connectivity index is 2.76. The van der Waals surface area contributed by atoms with E-state index in [4.69, 9.17) is 5.73 Å². The SMILES string of the molecule is CC(C)(C)C1CC(C(N)=O)C1(C)C. The number of hydrogen-bond acceptors (Lipinski definition) is 1. The second-order valence-electron chi connectivity index (χ2n) is 5.93. The Morgan fingerprint density at radius 2 is 1.85 bits per heavy atom. The molecule has 0 aromatic carbocycles. The zero-order valence-corrected chi connectivity index (χ0v) is 9.35. The summed E-state index contributed by atoms with van der Waals surface area (Å²) in [6.45, 7) is 11.0. The maximum absolute atomic E-state index is 11.1. The first-order valence-corrected chi connectivity index (χ1v) is 4.96. The van der Waals surface area contributed by atoms with Crippen LogP contribution in [0.2, 0.25) is 0 Å². The standard InChI is InChI=1S/C11H21NO/c1-10(2,3)8-6-7(9(12)13)11(8,4)5/h7-8H,6H2,1-5H3,(H2,12,13). The molecular weight excluding hydrogens is 162 g/mol. The third-order valence-corrected chi connectivity index (χ3v) is 3.66. The molecule has 76 valence electrons. The van der Waals surface area contributed by atoms with E-state index in [0.717, 1.165) is 6.42 Å². The zero-order valence-electron chi connectivity index (χ0n) is 9.35. The average molecular weight is 183 g/mol. The van der Waals surface area contributed by atoms with E-state index in [2.05, 4.69) is 34.6 Å². The topological polar surface area (TPSA) is 43.1 Å². The highest BCUT2D eigenvalue weighted by atomic mass is 16.1. The number of rotatable bonds is 1. The first-order valence-electron chi connectivity index (χ1n) is 4.96. The molecule has 0 bridgehead atoms. The van der Waals surface area contributed by atoms with Crippen molar-refractivity contribution in [2.45, 2.75) is 41.0 Å². The van der Waals surface area contributed by atoms with Gasteiger partial charge in [-0.05, 0) is 23.2 Å². The quantitative estimate of drug-likeness (QED) is 0.665. The van der Waals surface area contributed by atoms with Crippen LogP contribution in [0.4, 0.5) is 0 Å². The fourth-order valence-corrected chi connectivity index (χ4v) is 2.88. The molecule has 0 spiro atoms. The van der Waals surface area contributed by atoms with Gasteiger partial charge in [0.15, 0.2) is 0 Å². The number of primary amides is 1. The van der Waals surface area contributed by atoms with Crippen molar-refractivity contribution < 1.29 is 4.79 Å². The van der Waals surface area contributed by atoms with Gasteiger partial charge in [-0.1, -0.05) is 34.6 Å². The number of carbonyl (C=O) groups is 1. The fourth-order valence-electron chi connectivity index (χ4n) is 2.88. The van der Waals surface area contributed by atoms with Gasteiger partial charge in [0.25, 0.3) is 0 Å². The minimum Gasteiger partial charge on any atom is -0.369 e. The Hall–Kier alpha value is -0.530. The molecule has 0 aromatic heterocycles. The molecule has 1 amide bonds. The van der Waals surface area contributed by atoms with Gasteiger partial charge in [-0.3, -0.25) is 4.79 Å². The Morgan fingerprint density at radius 3 is 2.08 bits per heavy atom. The lowest BCUT2D eigenvalue weighted by Crippen LogP contribution is -2.55. The molecule has 13 heavy (non-hydrogen) atoms. The lowest BCUT2D eigenvalue weighted by atomic mass is 9.48. The smallest absolute Gasteiger partial charge is 0.221 e. The molecule has 0 heterocycles. The van der Waals surface area contributed by atoms with Gasteiger partial charge in [-0.2, -0.15) is 0 Å². The second-order valence-corrected chi connectivity index (χ2v) is 5.93. The lowest BCUT2D eigenvalue weighted by molar-refractivity contribution is -0.145. The largest absolute Gasteiger partial charge is 0.369 e. The number of nitrogens with two attached hydrogens (primary N) is 1. The third-order valence-electron chi connectivity index (χ3n) is 3.66. The van der Waals surface area contributed by atoms with Crippen molar-refractivity contribution >= 4 is 5.91 Å². The number of carbonyl (C=O) groups excluding carboxylic acids is 1. The third kappa shape index (κ3) is 1.59. The molecule has 0 aliphatic heterocycles. The van der Waals surface area contributed by atoms with Crippen LogP contribution >= 0.6 is 0 Å².